The van der Waals surface area contributed by atoms with Crippen LogP contribution in [0.3, 0.4) is 0 Å². The van der Waals surface area contributed by atoms with Crippen molar-refractivity contribution in [3.05, 3.63) is 12.2 Å². The number of esters is 2. The van der Waals surface area contributed by atoms with Gasteiger partial charge in [0.2, 0.25) is 0 Å². The Morgan fingerprint density at radius 2 is 1.14 bits per heavy atom. The molecule has 5 heteroatoms. The highest BCUT2D eigenvalue weighted by Gasteiger charge is 2.14. The third-order valence-corrected chi connectivity index (χ3v) is 6.76. The standard InChI is InChI=1S/C32H61NO4/c1-4-7-10-13-14-17-20-29-36-31(34)25-21-27-33-28-22-26-32(35)37-30(23-18-15-11-8-5-2)24-19-16-12-9-6-3/h17,20,30,33H,4-16,18-19,21-29H2,1-3H3. The summed E-state index contributed by atoms with van der Waals surface area (Å²) in [5, 5.41) is 3.33. The minimum absolute atomic E-state index is 0.0593. The number of nitrogens with one attached hydrogen (secondary N) is 1. The van der Waals surface area contributed by atoms with Crippen LogP contribution in [-0.2, 0) is 19.1 Å². The molecule has 1 N–H and O–H groups in total. The number of rotatable bonds is 28. The van der Waals surface area contributed by atoms with Crippen LogP contribution in [0.15, 0.2) is 12.2 Å². The summed E-state index contributed by atoms with van der Waals surface area (Å²) in [5.74, 6) is -0.202. The second kappa shape index (κ2) is 29.2. The third kappa shape index (κ3) is 27.5. The molecule has 0 unspecified atom stereocenters. The van der Waals surface area contributed by atoms with E-state index in [1.807, 2.05) is 6.08 Å². The van der Waals surface area contributed by atoms with E-state index < -0.39 is 0 Å². The van der Waals surface area contributed by atoms with Crippen LogP contribution in [0.1, 0.15) is 156 Å². The molecule has 0 atom stereocenters. The maximum Gasteiger partial charge on any atom is 0.306 e. The lowest BCUT2D eigenvalue weighted by molar-refractivity contribution is -0.150. The van der Waals surface area contributed by atoms with Gasteiger partial charge in [0.05, 0.1) is 0 Å². The molecule has 0 heterocycles. The zero-order valence-electron chi connectivity index (χ0n) is 24.8. The molecule has 0 aliphatic carbocycles. The van der Waals surface area contributed by atoms with Crippen molar-refractivity contribution in [3.63, 3.8) is 0 Å². The van der Waals surface area contributed by atoms with Gasteiger partial charge in [0.15, 0.2) is 0 Å². The van der Waals surface area contributed by atoms with Crippen LogP contribution in [0.25, 0.3) is 0 Å². The molecule has 0 aromatic carbocycles. The summed E-state index contributed by atoms with van der Waals surface area (Å²) < 4.78 is 11.1. The Bertz CT molecular complexity index is 521. The fraction of sp³-hybridized carbons (Fsp3) is 0.875. The van der Waals surface area contributed by atoms with E-state index in [9.17, 15) is 9.59 Å². The molecule has 0 saturated heterocycles. The highest BCUT2D eigenvalue weighted by molar-refractivity contribution is 5.69. The molecule has 0 aromatic rings. The van der Waals surface area contributed by atoms with E-state index in [0.717, 1.165) is 58.0 Å². The van der Waals surface area contributed by atoms with E-state index in [-0.39, 0.29) is 18.0 Å². The average molecular weight is 524 g/mol. The smallest absolute Gasteiger partial charge is 0.306 e. The zero-order valence-corrected chi connectivity index (χ0v) is 24.8. The quantitative estimate of drug-likeness (QED) is 0.0630. The number of ether oxygens (including phenoxy) is 2. The van der Waals surface area contributed by atoms with Crippen molar-refractivity contribution in [2.24, 2.45) is 0 Å². The normalized spacial score (nSPS) is 11.5. The van der Waals surface area contributed by atoms with Gasteiger partial charge in [0, 0.05) is 12.8 Å². The van der Waals surface area contributed by atoms with E-state index in [4.69, 9.17) is 9.47 Å². The fourth-order valence-corrected chi connectivity index (χ4v) is 4.39. The molecule has 0 aliphatic rings. The van der Waals surface area contributed by atoms with Gasteiger partial charge in [-0.05, 0) is 64.5 Å². The molecule has 218 valence electrons. The molecule has 0 fully saturated rings. The Balaban J connectivity index is 3.84. The third-order valence-electron chi connectivity index (χ3n) is 6.76. The maximum atomic E-state index is 12.4. The maximum absolute atomic E-state index is 12.4. The summed E-state index contributed by atoms with van der Waals surface area (Å²) in [6, 6.07) is 0. The SMILES string of the molecule is CCCCCCC=CCOC(=O)CCCNCCCC(=O)OC(CCCCCCC)CCCCCCC. The number of unbranched alkanes of at least 4 members (excludes halogenated alkanes) is 12. The Labute approximate surface area is 229 Å². The first-order chi connectivity index (χ1) is 18.1. The van der Waals surface area contributed by atoms with Gasteiger partial charge >= 0.3 is 11.9 Å². The van der Waals surface area contributed by atoms with Gasteiger partial charge in [-0.2, -0.15) is 0 Å². The summed E-state index contributed by atoms with van der Waals surface area (Å²) in [4.78, 5) is 24.2. The minimum Gasteiger partial charge on any atom is -0.462 e. The lowest BCUT2D eigenvalue weighted by atomic mass is 10.0. The number of hydrogen-bond donors (Lipinski definition) is 1. The Morgan fingerprint density at radius 1 is 0.622 bits per heavy atom. The fourth-order valence-electron chi connectivity index (χ4n) is 4.39. The topological polar surface area (TPSA) is 64.6 Å². The van der Waals surface area contributed by atoms with Crippen molar-refractivity contribution < 1.29 is 19.1 Å². The Hall–Kier alpha value is -1.36. The molecule has 0 amide bonds. The molecule has 0 bridgehead atoms. The van der Waals surface area contributed by atoms with Crippen molar-refractivity contribution in [2.45, 2.75) is 162 Å². The van der Waals surface area contributed by atoms with Gasteiger partial charge in [0.1, 0.15) is 12.7 Å². The van der Waals surface area contributed by atoms with Crippen LogP contribution in [0.5, 0.6) is 0 Å². The van der Waals surface area contributed by atoms with Crippen molar-refractivity contribution in [1.82, 2.24) is 5.32 Å². The van der Waals surface area contributed by atoms with Gasteiger partial charge in [0.25, 0.3) is 0 Å². The largest absolute Gasteiger partial charge is 0.462 e. The van der Waals surface area contributed by atoms with E-state index in [2.05, 4.69) is 32.2 Å². The van der Waals surface area contributed by atoms with Gasteiger partial charge in [-0.25, -0.2) is 0 Å². The van der Waals surface area contributed by atoms with E-state index >= 15 is 0 Å². The summed E-state index contributed by atoms with van der Waals surface area (Å²) >= 11 is 0. The van der Waals surface area contributed by atoms with Gasteiger partial charge in [-0.15, -0.1) is 0 Å². The van der Waals surface area contributed by atoms with Crippen LogP contribution in [0, 0.1) is 0 Å². The van der Waals surface area contributed by atoms with Crippen LogP contribution < -0.4 is 5.32 Å². The zero-order chi connectivity index (χ0) is 27.2. The highest BCUT2D eigenvalue weighted by atomic mass is 16.5. The van der Waals surface area contributed by atoms with Crippen molar-refractivity contribution in [2.75, 3.05) is 19.7 Å². The van der Waals surface area contributed by atoms with Gasteiger partial charge < -0.3 is 14.8 Å². The number of carbonyl (C=O) groups excluding carboxylic acids is 2. The number of hydrogen-bond acceptors (Lipinski definition) is 5. The molecule has 0 spiro atoms. The first-order valence-corrected chi connectivity index (χ1v) is 15.8. The molecule has 0 aliphatic heterocycles. The van der Waals surface area contributed by atoms with Crippen molar-refractivity contribution >= 4 is 11.9 Å². The predicted molar refractivity (Wildman–Crippen MR) is 157 cm³/mol. The second-order valence-corrected chi connectivity index (χ2v) is 10.5. The van der Waals surface area contributed by atoms with Gasteiger partial charge in [-0.3, -0.25) is 9.59 Å². The average Bonchev–Trinajstić information content (AvgIpc) is 2.89. The first-order valence-electron chi connectivity index (χ1n) is 15.8. The monoisotopic (exact) mass is 523 g/mol. The number of carbonyl (C=O) groups is 2. The lowest BCUT2D eigenvalue weighted by Gasteiger charge is -2.18. The van der Waals surface area contributed by atoms with Gasteiger partial charge in [-0.1, -0.05) is 104 Å². The molecular formula is C32H61NO4. The lowest BCUT2D eigenvalue weighted by Crippen LogP contribution is -2.21. The van der Waals surface area contributed by atoms with E-state index in [1.54, 1.807) is 0 Å². The summed E-state index contributed by atoms with van der Waals surface area (Å²) in [5.41, 5.74) is 0. The van der Waals surface area contributed by atoms with Crippen LogP contribution >= 0.6 is 0 Å². The highest BCUT2D eigenvalue weighted by Crippen LogP contribution is 2.17. The second-order valence-electron chi connectivity index (χ2n) is 10.5. The van der Waals surface area contributed by atoms with E-state index in [1.165, 1.54) is 77.0 Å². The van der Waals surface area contributed by atoms with Crippen molar-refractivity contribution in [1.29, 1.82) is 0 Å². The summed E-state index contributed by atoms with van der Waals surface area (Å²) in [6.07, 6.45) is 27.1. The van der Waals surface area contributed by atoms with Crippen LogP contribution in [0.4, 0.5) is 0 Å². The van der Waals surface area contributed by atoms with Crippen molar-refractivity contribution in [3.8, 4) is 0 Å². The molecule has 5 nitrogen and oxygen atoms in total. The minimum atomic E-state index is -0.142. The summed E-state index contributed by atoms with van der Waals surface area (Å²) in [7, 11) is 0. The predicted octanol–water partition coefficient (Wildman–Crippen LogP) is 8.84. The molecule has 0 aromatic heterocycles. The molecule has 0 rings (SSSR count). The molecular weight excluding hydrogens is 462 g/mol. The molecule has 0 radical (unpaired) electrons. The number of allylic oxidation sites excluding steroid dienone is 1. The summed E-state index contributed by atoms with van der Waals surface area (Å²) in [6.45, 7) is 8.59. The molecule has 37 heavy (non-hydrogen) atoms. The molecule has 0 saturated carbocycles. The Morgan fingerprint density at radius 3 is 1.70 bits per heavy atom. The van der Waals surface area contributed by atoms with Crippen LogP contribution in [-0.4, -0.2) is 37.7 Å². The van der Waals surface area contributed by atoms with E-state index in [0.29, 0.717) is 19.4 Å². The van der Waals surface area contributed by atoms with Crippen LogP contribution in [0.2, 0.25) is 0 Å². The Kier molecular flexibility index (Phi) is 28.1. The first kappa shape index (κ1) is 35.6.